The van der Waals surface area contributed by atoms with E-state index in [4.69, 9.17) is 4.74 Å². The molecule has 3 heterocycles. The van der Waals surface area contributed by atoms with Gasteiger partial charge in [0.15, 0.2) is 11.6 Å². The molecule has 0 amide bonds. The van der Waals surface area contributed by atoms with Gasteiger partial charge in [-0.25, -0.2) is 4.98 Å². The fourth-order valence-electron chi connectivity index (χ4n) is 3.90. The largest absolute Gasteiger partial charge is 0.377 e. The number of nitrogens with zero attached hydrogens (tertiary/aromatic N) is 5. The van der Waals surface area contributed by atoms with Crippen LogP contribution in [0, 0.1) is 23.2 Å². The van der Waals surface area contributed by atoms with Crippen LogP contribution in [0.1, 0.15) is 41.5 Å². The fourth-order valence-corrected chi connectivity index (χ4v) is 3.90. The number of ether oxygens (including phenoxy) is 1. The first-order chi connectivity index (χ1) is 12.3. The molecular weight excluding hydrogens is 316 g/mol. The van der Waals surface area contributed by atoms with Crippen molar-refractivity contribution in [1.29, 1.82) is 5.26 Å². The maximum absolute atomic E-state index is 9.28. The number of nitriles is 1. The van der Waals surface area contributed by atoms with Gasteiger partial charge in [0.05, 0.1) is 5.56 Å². The van der Waals surface area contributed by atoms with Crippen molar-refractivity contribution >= 4 is 0 Å². The summed E-state index contributed by atoms with van der Waals surface area (Å²) in [5, 5.41) is 16.7. The average Bonchev–Trinajstić information content (AvgIpc) is 3.23. The Bertz CT molecular complexity index is 778. The van der Waals surface area contributed by atoms with Crippen molar-refractivity contribution in [3.8, 4) is 6.07 Å². The number of hydrogen-bond acceptors (Lipinski definition) is 6. The maximum Gasteiger partial charge on any atom is 0.155 e. The van der Waals surface area contributed by atoms with Crippen LogP contribution in [0.25, 0.3) is 0 Å². The van der Waals surface area contributed by atoms with Crippen LogP contribution < -0.4 is 0 Å². The number of methoxy groups -OCH3 is 1. The molecule has 7 nitrogen and oxygen atoms in total. The summed E-state index contributed by atoms with van der Waals surface area (Å²) in [6.07, 6.45) is 6.02. The molecule has 1 aliphatic heterocycles. The van der Waals surface area contributed by atoms with Crippen LogP contribution >= 0.6 is 0 Å². The van der Waals surface area contributed by atoms with Gasteiger partial charge in [-0.1, -0.05) is 0 Å². The van der Waals surface area contributed by atoms with Gasteiger partial charge >= 0.3 is 0 Å². The summed E-state index contributed by atoms with van der Waals surface area (Å²) in [7, 11) is 1.66. The number of rotatable bonds is 6. The van der Waals surface area contributed by atoms with Gasteiger partial charge in [0.2, 0.25) is 0 Å². The first kappa shape index (κ1) is 16.2. The predicted octanol–water partition coefficient (Wildman–Crippen LogP) is 1.84. The number of hydrogen-bond donors (Lipinski definition) is 1. The summed E-state index contributed by atoms with van der Waals surface area (Å²) >= 11 is 0. The third-order valence-corrected chi connectivity index (χ3v) is 5.26. The van der Waals surface area contributed by atoms with Gasteiger partial charge in [-0.2, -0.15) is 10.4 Å². The molecule has 25 heavy (non-hydrogen) atoms. The highest BCUT2D eigenvalue weighted by atomic mass is 16.5. The molecule has 1 saturated carbocycles. The van der Waals surface area contributed by atoms with E-state index in [0.29, 0.717) is 24.0 Å². The van der Waals surface area contributed by atoms with Crippen molar-refractivity contribution in [2.75, 3.05) is 20.2 Å². The van der Waals surface area contributed by atoms with Crippen LogP contribution in [0.2, 0.25) is 0 Å². The topological polar surface area (TPSA) is 90.7 Å². The summed E-state index contributed by atoms with van der Waals surface area (Å²) in [6.45, 7) is 3.20. The summed E-state index contributed by atoms with van der Waals surface area (Å²) in [5.74, 6) is 3.42. The van der Waals surface area contributed by atoms with Crippen molar-refractivity contribution in [2.24, 2.45) is 11.8 Å². The van der Waals surface area contributed by atoms with Gasteiger partial charge in [-0.3, -0.25) is 15.0 Å². The third kappa shape index (κ3) is 3.41. The van der Waals surface area contributed by atoms with Crippen LogP contribution in [-0.4, -0.2) is 45.3 Å². The van der Waals surface area contributed by atoms with Crippen LogP contribution in [0.5, 0.6) is 0 Å². The van der Waals surface area contributed by atoms with E-state index in [0.717, 1.165) is 42.8 Å². The lowest BCUT2D eigenvalue weighted by Gasteiger charge is -2.16. The van der Waals surface area contributed by atoms with Crippen molar-refractivity contribution in [3.05, 3.63) is 41.2 Å². The van der Waals surface area contributed by atoms with E-state index in [9.17, 15) is 5.26 Å². The number of likely N-dealkylation sites (tertiary alicyclic amines) is 1. The van der Waals surface area contributed by atoms with Crippen molar-refractivity contribution < 1.29 is 4.74 Å². The summed E-state index contributed by atoms with van der Waals surface area (Å²) in [4.78, 5) is 11.1. The molecule has 4 rings (SSSR count). The highest BCUT2D eigenvalue weighted by molar-refractivity contribution is 5.34. The zero-order chi connectivity index (χ0) is 17.2. The van der Waals surface area contributed by atoms with E-state index in [-0.39, 0.29) is 0 Å². The van der Waals surface area contributed by atoms with Crippen LogP contribution in [0.3, 0.4) is 0 Å². The molecule has 2 atom stereocenters. The number of aromatic amines is 1. The van der Waals surface area contributed by atoms with E-state index in [1.165, 1.54) is 12.8 Å². The summed E-state index contributed by atoms with van der Waals surface area (Å²) < 4.78 is 5.14. The molecular formula is C18H22N6O. The van der Waals surface area contributed by atoms with E-state index in [2.05, 4.69) is 31.1 Å². The second kappa shape index (κ2) is 6.90. The van der Waals surface area contributed by atoms with Crippen LogP contribution in [0.4, 0.5) is 0 Å². The molecule has 130 valence electrons. The molecule has 0 radical (unpaired) electrons. The Morgan fingerprint density at radius 2 is 2.28 bits per heavy atom. The Morgan fingerprint density at radius 3 is 3.04 bits per heavy atom. The first-order valence-corrected chi connectivity index (χ1v) is 8.74. The number of nitrogens with one attached hydrogen (secondary N) is 1. The molecule has 0 aromatic carbocycles. The molecule has 7 heteroatoms. The SMILES string of the molecule is COCc1nc([C@H]2CN(Cc3ccncc3C#N)C[C@@H]2C2CC2)n[nH]1. The molecule has 2 fully saturated rings. The number of pyridine rings is 1. The molecule has 0 spiro atoms. The van der Waals surface area contributed by atoms with Crippen molar-refractivity contribution in [1.82, 2.24) is 25.1 Å². The lowest BCUT2D eigenvalue weighted by molar-refractivity contribution is 0.178. The second-order valence-electron chi connectivity index (χ2n) is 7.02. The van der Waals surface area contributed by atoms with Gasteiger partial charge < -0.3 is 4.74 Å². The average molecular weight is 338 g/mol. The maximum atomic E-state index is 9.28. The monoisotopic (exact) mass is 338 g/mol. The molecule has 1 N–H and O–H groups in total. The standard InChI is InChI=1S/C18H22N6O/c1-25-11-17-21-18(23-22-17)16-10-24(9-15(16)12-2-3-12)8-13-4-5-20-7-14(13)6-19/h4-5,7,12,15-16H,2-3,8-11H2,1H3,(H,21,22,23)/t15-,16+/m1/s1. The minimum atomic E-state index is 0.349. The van der Waals surface area contributed by atoms with E-state index in [1.54, 1.807) is 19.5 Å². The zero-order valence-corrected chi connectivity index (χ0v) is 14.4. The highest BCUT2D eigenvalue weighted by Gasteiger charge is 2.44. The smallest absolute Gasteiger partial charge is 0.155 e. The molecule has 1 aliphatic carbocycles. The quantitative estimate of drug-likeness (QED) is 0.864. The first-order valence-electron chi connectivity index (χ1n) is 8.74. The normalized spacial score (nSPS) is 23.7. The highest BCUT2D eigenvalue weighted by Crippen LogP contribution is 2.47. The lowest BCUT2D eigenvalue weighted by atomic mass is 9.91. The fraction of sp³-hybridized carbons (Fsp3) is 0.556. The van der Waals surface area contributed by atoms with Gasteiger partial charge in [0.1, 0.15) is 12.7 Å². The molecule has 0 unspecified atom stereocenters. The predicted molar refractivity (Wildman–Crippen MR) is 90.3 cm³/mol. The molecule has 0 bridgehead atoms. The molecule has 2 aliphatic rings. The molecule has 2 aromatic rings. The van der Waals surface area contributed by atoms with Crippen molar-refractivity contribution in [2.45, 2.75) is 31.9 Å². The Labute approximate surface area is 147 Å². The zero-order valence-electron chi connectivity index (χ0n) is 14.4. The Kier molecular flexibility index (Phi) is 4.47. The minimum Gasteiger partial charge on any atom is -0.377 e. The number of aromatic nitrogens is 4. The van der Waals surface area contributed by atoms with Gasteiger partial charge in [0.25, 0.3) is 0 Å². The Morgan fingerprint density at radius 1 is 1.40 bits per heavy atom. The number of H-pyrrole nitrogens is 1. The summed E-state index contributed by atoms with van der Waals surface area (Å²) in [5.41, 5.74) is 1.71. The van der Waals surface area contributed by atoms with Crippen molar-refractivity contribution in [3.63, 3.8) is 0 Å². The summed E-state index contributed by atoms with van der Waals surface area (Å²) in [6, 6.07) is 4.19. The van der Waals surface area contributed by atoms with Gasteiger partial charge in [0, 0.05) is 45.1 Å². The Balaban J connectivity index is 1.51. The lowest BCUT2D eigenvalue weighted by Crippen LogP contribution is -2.21. The van der Waals surface area contributed by atoms with E-state index >= 15 is 0 Å². The van der Waals surface area contributed by atoms with E-state index < -0.39 is 0 Å². The minimum absolute atomic E-state index is 0.349. The van der Waals surface area contributed by atoms with Gasteiger partial charge in [-0.05, 0) is 36.3 Å². The van der Waals surface area contributed by atoms with E-state index in [1.807, 2.05) is 6.07 Å². The molecule has 1 saturated heterocycles. The molecule has 2 aromatic heterocycles. The second-order valence-corrected chi connectivity index (χ2v) is 7.02. The van der Waals surface area contributed by atoms with Gasteiger partial charge in [-0.15, -0.1) is 0 Å². The van der Waals surface area contributed by atoms with Crippen LogP contribution in [0.15, 0.2) is 18.5 Å². The van der Waals surface area contributed by atoms with Crippen LogP contribution in [-0.2, 0) is 17.9 Å². The third-order valence-electron chi connectivity index (χ3n) is 5.26. The Hall–Kier alpha value is -2.30.